The maximum atomic E-state index is 9.57. The van der Waals surface area contributed by atoms with Crippen LogP contribution in [0.3, 0.4) is 0 Å². The van der Waals surface area contributed by atoms with Crippen molar-refractivity contribution in [3.63, 3.8) is 0 Å². The third kappa shape index (κ3) is 1.42. The number of fused-ring (bicyclic) bond motifs is 2. The minimum absolute atomic E-state index is 0.00236. The van der Waals surface area contributed by atoms with E-state index >= 15 is 0 Å². The van der Waals surface area contributed by atoms with Gasteiger partial charge in [-0.25, -0.2) is 0 Å². The Morgan fingerprint density at radius 1 is 1.24 bits per heavy atom. The maximum Gasteiger partial charge on any atom is 0.208 e. The molecule has 0 heterocycles. The number of ether oxygens (including phenoxy) is 2. The predicted molar refractivity (Wildman–Crippen MR) is 80.1 cm³/mol. The van der Waals surface area contributed by atoms with Gasteiger partial charge in [-0.1, -0.05) is 63.7 Å². The first-order valence-electron chi connectivity index (χ1n) is 5.01. The maximum absolute atomic E-state index is 9.57. The van der Waals surface area contributed by atoms with Crippen molar-refractivity contribution in [2.75, 3.05) is 20.8 Å². The van der Waals surface area contributed by atoms with E-state index < -0.39 is 14.4 Å². The lowest BCUT2D eigenvalue weighted by Gasteiger charge is -2.42. The number of methoxy groups -OCH3 is 2. The number of alkyl halides is 2. The molecule has 2 bridgehead atoms. The third-order valence-electron chi connectivity index (χ3n) is 3.75. The minimum Gasteiger partial charge on any atom is -0.396 e. The molecule has 0 spiro atoms. The molecule has 2 rings (SSSR count). The molecule has 1 saturated carbocycles. The van der Waals surface area contributed by atoms with Crippen LogP contribution in [0.1, 0.15) is 6.42 Å². The molecule has 17 heavy (non-hydrogen) atoms. The summed E-state index contributed by atoms with van der Waals surface area (Å²) >= 11 is 14.6. The van der Waals surface area contributed by atoms with Gasteiger partial charge in [-0.3, -0.25) is 0 Å². The molecule has 98 valence electrons. The first-order chi connectivity index (χ1) is 7.85. The van der Waals surface area contributed by atoms with Gasteiger partial charge >= 0.3 is 0 Å². The molecular formula is C10H12Br4O3. The molecule has 3 unspecified atom stereocenters. The van der Waals surface area contributed by atoms with Crippen LogP contribution in [0, 0.1) is 5.92 Å². The van der Waals surface area contributed by atoms with Gasteiger partial charge < -0.3 is 14.6 Å². The van der Waals surface area contributed by atoms with Crippen LogP contribution in [0.15, 0.2) is 8.96 Å². The quantitative estimate of drug-likeness (QED) is 0.479. The van der Waals surface area contributed by atoms with E-state index in [9.17, 15) is 5.11 Å². The topological polar surface area (TPSA) is 38.7 Å². The van der Waals surface area contributed by atoms with Crippen LogP contribution in [0.4, 0.5) is 0 Å². The molecule has 0 saturated heterocycles. The second-order valence-electron chi connectivity index (χ2n) is 4.25. The van der Waals surface area contributed by atoms with Crippen molar-refractivity contribution in [1.82, 2.24) is 0 Å². The van der Waals surface area contributed by atoms with Crippen LogP contribution in [0.2, 0.25) is 0 Å². The van der Waals surface area contributed by atoms with Crippen molar-refractivity contribution < 1.29 is 14.6 Å². The Morgan fingerprint density at radius 2 is 1.76 bits per heavy atom. The minimum atomic E-state index is -0.898. The summed E-state index contributed by atoms with van der Waals surface area (Å²) in [5.74, 6) is -0.900. The molecule has 0 aromatic carbocycles. The average molecular weight is 500 g/mol. The fourth-order valence-corrected chi connectivity index (χ4v) is 7.81. The Bertz CT molecular complexity index is 382. The van der Waals surface area contributed by atoms with E-state index in [0.717, 1.165) is 8.96 Å². The molecule has 0 aromatic rings. The highest BCUT2D eigenvalue weighted by atomic mass is 79.9. The molecule has 2 aliphatic rings. The van der Waals surface area contributed by atoms with E-state index in [1.165, 1.54) is 0 Å². The summed E-state index contributed by atoms with van der Waals surface area (Å²) in [7, 11) is 3.22. The second-order valence-corrected chi connectivity index (χ2v) is 8.44. The molecule has 7 heteroatoms. The van der Waals surface area contributed by atoms with E-state index in [1.54, 1.807) is 14.2 Å². The highest BCUT2D eigenvalue weighted by Crippen LogP contribution is 2.73. The molecule has 2 aliphatic carbocycles. The molecule has 1 fully saturated rings. The van der Waals surface area contributed by atoms with E-state index in [0.29, 0.717) is 6.42 Å². The second kappa shape index (κ2) is 4.53. The summed E-state index contributed by atoms with van der Waals surface area (Å²) in [5, 5.41) is 9.57. The van der Waals surface area contributed by atoms with Gasteiger partial charge in [-0.15, -0.1) is 0 Å². The highest BCUT2D eigenvalue weighted by molar-refractivity contribution is 9.16. The molecule has 0 aliphatic heterocycles. The standard InChI is InChI=1S/C10H12Br4O3/c1-16-10(17-2)8(13)3-5(4-15)9(10,14)7(12)6(8)11/h5,15H,3-4H2,1-2H3. The van der Waals surface area contributed by atoms with Crippen LogP contribution in [0.5, 0.6) is 0 Å². The van der Waals surface area contributed by atoms with Crippen LogP contribution in [0.25, 0.3) is 0 Å². The zero-order chi connectivity index (χ0) is 13.1. The number of aliphatic hydroxyl groups is 1. The fraction of sp³-hybridized carbons (Fsp3) is 0.800. The van der Waals surface area contributed by atoms with Gasteiger partial charge in [0, 0.05) is 35.7 Å². The molecule has 3 nitrogen and oxygen atoms in total. The Morgan fingerprint density at radius 3 is 2.12 bits per heavy atom. The zero-order valence-electron chi connectivity index (χ0n) is 9.27. The van der Waals surface area contributed by atoms with Gasteiger partial charge in [0.1, 0.15) is 8.65 Å². The van der Waals surface area contributed by atoms with Gasteiger partial charge in [0.2, 0.25) is 5.79 Å². The van der Waals surface area contributed by atoms with Crippen molar-refractivity contribution in [3.8, 4) is 0 Å². The Labute approximate surface area is 134 Å². The number of halogens is 4. The van der Waals surface area contributed by atoms with Crippen molar-refractivity contribution >= 4 is 63.7 Å². The van der Waals surface area contributed by atoms with Crippen LogP contribution in [-0.4, -0.2) is 40.4 Å². The van der Waals surface area contributed by atoms with E-state index in [-0.39, 0.29) is 12.5 Å². The molecule has 1 N–H and O–H groups in total. The fourth-order valence-electron chi connectivity index (χ4n) is 2.96. The number of aliphatic hydroxyl groups excluding tert-OH is 1. The smallest absolute Gasteiger partial charge is 0.208 e. The average Bonchev–Trinajstić information content (AvgIpc) is 2.60. The Balaban J connectivity index is 2.68. The van der Waals surface area contributed by atoms with Gasteiger partial charge in [0.05, 0.1) is 0 Å². The normalized spacial score (nSPS) is 43.6. The lowest BCUT2D eigenvalue weighted by atomic mass is 9.93. The lowest BCUT2D eigenvalue weighted by Crippen LogP contribution is -2.56. The van der Waals surface area contributed by atoms with Crippen LogP contribution in [-0.2, 0) is 9.47 Å². The summed E-state index contributed by atoms with van der Waals surface area (Å²) in [6.45, 7) is 0.0580. The first kappa shape index (κ1) is 14.9. The third-order valence-corrected chi connectivity index (χ3v) is 10.2. The van der Waals surface area contributed by atoms with E-state index in [1.807, 2.05) is 0 Å². The van der Waals surface area contributed by atoms with Crippen LogP contribution >= 0.6 is 63.7 Å². The van der Waals surface area contributed by atoms with E-state index in [2.05, 4.69) is 63.7 Å². The molecule has 0 radical (unpaired) electrons. The summed E-state index contributed by atoms with van der Waals surface area (Å²) < 4.78 is 12.1. The summed E-state index contributed by atoms with van der Waals surface area (Å²) in [5.41, 5.74) is 0. The van der Waals surface area contributed by atoms with Gasteiger partial charge in [-0.2, -0.15) is 0 Å². The lowest BCUT2D eigenvalue weighted by molar-refractivity contribution is -0.213. The van der Waals surface area contributed by atoms with Gasteiger partial charge in [0.15, 0.2) is 0 Å². The van der Waals surface area contributed by atoms with Crippen LogP contribution < -0.4 is 0 Å². The molecule has 0 amide bonds. The number of hydrogen-bond acceptors (Lipinski definition) is 3. The highest BCUT2D eigenvalue weighted by Gasteiger charge is 2.79. The van der Waals surface area contributed by atoms with E-state index in [4.69, 9.17) is 9.47 Å². The molecule has 3 atom stereocenters. The van der Waals surface area contributed by atoms with Gasteiger partial charge in [0.25, 0.3) is 0 Å². The van der Waals surface area contributed by atoms with Crippen molar-refractivity contribution in [2.45, 2.75) is 20.9 Å². The summed E-state index contributed by atoms with van der Waals surface area (Å²) in [6, 6.07) is 0. The Kier molecular flexibility index (Phi) is 3.98. The summed E-state index contributed by atoms with van der Waals surface area (Å²) in [4.78, 5) is 0. The first-order valence-corrected chi connectivity index (χ1v) is 8.18. The summed E-state index contributed by atoms with van der Waals surface area (Å²) in [6.07, 6.45) is 0.714. The molecule has 0 aromatic heterocycles. The van der Waals surface area contributed by atoms with Crippen molar-refractivity contribution in [3.05, 3.63) is 8.96 Å². The monoisotopic (exact) mass is 496 g/mol. The Hall–Kier alpha value is 1.54. The number of hydrogen-bond donors (Lipinski definition) is 1. The van der Waals surface area contributed by atoms with Gasteiger partial charge in [-0.05, 0) is 6.42 Å². The molecular weight excluding hydrogens is 488 g/mol. The largest absolute Gasteiger partial charge is 0.396 e. The number of rotatable bonds is 3. The SMILES string of the molecule is COC1(OC)C2(Br)CC(CO)C1(Br)C(Br)=C2Br. The van der Waals surface area contributed by atoms with Crippen molar-refractivity contribution in [2.24, 2.45) is 5.92 Å². The predicted octanol–water partition coefficient (Wildman–Crippen LogP) is 3.27. The van der Waals surface area contributed by atoms with Crippen molar-refractivity contribution in [1.29, 1.82) is 0 Å². The zero-order valence-corrected chi connectivity index (χ0v) is 15.6.